The Labute approximate surface area is 434 Å². The van der Waals surface area contributed by atoms with Crippen LogP contribution in [0.3, 0.4) is 0 Å². The maximum atomic E-state index is 13.8. The van der Waals surface area contributed by atoms with E-state index in [2.05, 4.69) is 53.0 Å². The summed E-state index contributed by atoms with van der Waals surface area (Å²) in [6.07, 6.45) is -16.0. The van der Waals surface area contributed by atoms with Crippen molar-refractivity contribution in [1.82, 2.24) is 53.6 Å². The monoisotopic (exact) mass is 1180 g/mol. The van der Waals surface area contributed by atoms with Crippen LogP contribution in [-0.4, -0.2) is 157 Å². The van der Waals surface area contributed by atoms with Gasteiger partial charge < -0.3 is 93.9 Å². The summed E-state index contributed by atoms with van der Waals surface area (Å²) in [7, 11) is -22.3. The number of aliphatic hydroxyl groups excluding tert-OH is 3. The number of nitrogens with one attached hydrogen (secondary N) is 2. The minimum absolute atomic E-state index is 0.0202. The summed E-state index contributed by atoms with van der Waals surface area (Å²) in [5.41, 5.74) is 15.5. The fourth-order valence-corrected chi connectivity index (χ4v) is 13.1. The van der Waals surface area contributed by atoms with Gasteiger partial charge in [-0.15, -0.1) is 0 Å². The predicted octanol–water partition coefficient (Wildman–Crippen LogP) is -5.81. The highest BCUT2D eigenvalue weighted by molar-refractivity contribution is 7.65. The third-order valence-corrected chi connectivity index (χ3v) is 17.0. The number of aliphatic hydroxyl groups is 3. The molecule has 0 radical (unpaired) electrons. The van der Waals surface area contributed by atoms with Crippen LogP contribution in [0.15, 0.2) is 34.9 Å². The number of nitrogens with zero attached hydrogens (tertiary/aromatic N) is 10. The van der Waals surface area contributed by atoms with Crippen LogP contribution >= 0.6 is 31.3 Å². The average Bonchev–Trinajstić information content (AvgIpc) is 4.27. The van der Waals surface area contributed by atoms with Gasteiger partial charge in [-0.1, -0.05) is 4.98 Å². The Morgan fingerprint density at radius 2 is 1.28 bits per heavy atom. The number of rotatable bonds is 21. The summed E-state index contributed by atoms with van der Waals surface area (Å²) in [6.45, 7) is -0.365. The maximum absolute atomic E-state index is 13.8. The van der Waals surface area contributed by atoms with Crippen LogP contribution in [-0.2, 0) is 75.7 Å². The van der Waals surface area contributed by atoms with E-state index in [1.54, 1.807) is 13.8 Å². The number of phosphoric acid groups is 4. The Balaban J connectivity index is 0.878. The zero-order valence-corrected chi connectivity index (χ0v) is 43.9. The molecule has 3 aliphatic heterocycles. The van der Waals surface area contributed by atoms with Crippen LogP contribution in [0, 0.1) is 0 Å². The van der Waals surface area contributed by atoms with E-state index in [0.717, 1.165) is 35.2 Å². The standard InChI is InChI=1S/C35H49N15O24P4/c1-12(2)68-22-14(70-32(21(22)53)49-10-42-17-27(49)43-34(37)45-29(17)54)6-65-75(56,57)72-23-15(71-33(24(23)64-4)48-9-41-16-25(36)39-8-40-26(16)48)7-67-77(60,61)74-78(62,63)73-76(58,59)66-5-13-19(51)20(52)31(69-13)50-11-47(3)18-28(50)44-35(38)46-30(18)55/h8-15,19-24,31-33,51-53H,5-7H2,1-4H3,(H11-,36,37,38,39,40,43,44,45,46,54,55,56,57,58,59,60,61,62,63)/p-3/t13-,14+,15+,19+,20?,21?,22-,23-,24?,31-,32+,33+/m0/s1. The molecular weight excluding hydrogens is 1140 g/mol. The number of hydrogen-bond acceptors (Lipinski definition) is 33. The van der Waals surface area contributed by atoms with Gasteiger partial charge in [0.2, 0.25) is 17.7 Å². The zero-order valence-electron chi connectivity index (χ0n) is 40.3. The predicted molar refractivity (Wildman–Crippen MR) is 244 cm³/mol. The number of anilines is 3. The fraction of sp³-hybridized carbons (Fsp3) is 0.571. The van der Waals surface area contributed by atoms with Gasteiger partial charge in [0.25, 0.3) is 48.4 Å². The molecule has 0 spiro atoms. The smallest absolute Gasteiger partial charge is 0.313 e. The molecule has 0 bridgehead atoms. The molecule has 0 saturated carbocycles. The first-order valence-electron chi connectivity index (χ1n) is 22.5. The molecule has 78 heavy (non-hydrogen) atoms. The van der Waals surface area contributed by atoms with Crippen molar-refractivity contribution in [1.29, 1.82) is 0 Å². The Morgan fingerprint density at radius 3 is 1.94 bits per heavy atom. The van der Waals surface area contributed by atoms with Gasteiger partial charge >= 0.3 is 5.65 Å². The first-order valence-corrected chi connectivity index (χ1v) is 28.3. The highest BCUT2D eigenvalue weighted by atomic mass is 31.3. The normalized spacial score (nSPS) is 29.8. The lowest BCUT2D eigenvalue weighted by molar-refractivity contribution is -0.745. The molecular formula is C35H46N15O24P4-3. The molecule has 3 saturated heterocycles. The molecule has 9 rings (SSSR count). The van der Waals surface area contributed by atoms with E-state index < -0.39 is 142 Å². The highest BCUT2D eigenvalue weighted by Crippen LogP contribution is 2.63. The number of aromatic amines is 2. The molecule has 6 aromatic rings. The number of aromatic nitrogens is 12. The molecule has 11 N–H and O–H groups in total. The van der Waals surface area contributed by atoms with E-state index in [4.69, 9.17) is 54.5 Å². The van der Waals surface area contributed by atoms with E-state index in [1.807, 2.05) is 0 Å². The highest BCUT2D eigenvalue weighted by Gasteiger charge is 2.52. The summed E-state index contributed by atoms with van der Waals surface area (Å²) in [4.78, 5) is 106. The summed E-state index contributed by atoms with van der Waals surface area (Å²) in [5, 5.41) is 32.8. The van der Waals surface area contributed by atoms with E-state index >= 15 is 0 Å². The molecule has 9 heterocycles. The Hall–Kier alpha value is -5.15. The number of phosphoric ester groups is 3. The van der Waals surface area contributed by atoms with Crippen molar-refractivity contribution in [3.63, 3.8) is 0 Å². The van der Waals surface area contributed by atoms with Gasteiger partial charge in [-0.25, -0.2) is 33.1 Å². The van der Waals surface area contributed by atoms with Crippen LogP contribution < -0.4 is 52.5 Å². The molecule has 0 aromatic carbocycles. The number of H-pyrrole nitrogens is 2. The van der Waals surface area contributed by atoms with Gasteiger partial charge in [0, 0.05) is 7.11 Å². The molecule has 6 aromatic heterocycles. The lowest BCUT2D eigenvalue weighted by Gasteiger charge is -2.35. The number of aryl methyl sites for hydroxylation is 1. The second-order valence-corrected chi connectivity index (χ2v) is 23.4. The Bertz CT molecular complexity index is 3540. The maximum Gasteiger partial charge on any atom is 0.313 e. The fourth-order valence-electron chi connectivity index (χ4n) is 8.73. The number of ether oxygens (including phenoxy) is 5. The van der Waals surface area contributed by atoms with Gasteiger partial charge in [-0.3, -0.25) is 51.5 Å². The zero-order chi connectivity index (χ0) is 56.6. The quantitative estimate of drug-likeness (QED) is 0.0246. The molecule has 7 unspecified atom stereocenters. The van der Waals surface area contributed by atoms with Crippen LogP contribution in [0.1, 0.15) is 32.5 Å². The SMILES string of the molecule is COC1[C@@H](OP(=O)([O-])OC[C@H]2O[C@@H](n3cnc4c(=O)[nH]c(N)nc43)C(O)[C@H]2OC(C)C)[C@@H](COP(=O)([O-])OP(=O)([O-])OP(=O)([O-])OC[C@@H]2O[C@H]([n+]3cn(C)c4c(=O)[nH]c(N)nc43)C(O)[C@@H]2O)O[C@H]1n1cnc2c(N)ncnc21. The van der Waals surface area contributed by atoms with Crippen molar-refractivity contribution < 1.29 is 108 Å². The average molecular weight is 1180 g/mol. The van der Waals surface area contributed by atoms with Gasteiger partial charge in [-0.05, 0) is 13.8 Å². The van der Waals surface area contributed by atoms with E-state index in [9.17, 15) is 62.7 Å². The molecule has 0 amide bonds. The summed E-state index contributed by atoms with van der Waals surface area (Å²) >= 11 is 0. The first kappa shape index (κ1) is 57.5. The number of nitrogens with two attached hydrogens (primary N) is 3. The number of fused-ring (bicyclic) bond motifs is 3. The number of hydrogen-bond donors (Lipinski definition) is 8. The van der Waals surface area contributed by atoms with Crippen molar-refractivity contribution in [3.05, 3.63) is 46.0 Å². The molecule has 3 fully saturated rings. The Morgan fingerprint density at radius 1 is 0.705 bits per heavy atom. The van der Waals surface area contributed by atoms with Crippen LogP contribution in [0.2, 0.25) is 0 Å². The van der Waals surface area contributed by atoms with Crippen molar-refractivity contribution in [3.8, 4) is 0 Å². The van der Waals surface area contributed by atoms with Crippen LogP contribution in [0.25, 0.3) is 33.5 Å². The molecule has 0 aliphatic carbocycles. The third kappa shape index (κ3) is 11.7. The lowest BCUT2D eigenvalue weighted by Crippen LogP contribution is -2.46. The minimum Gasteiger partial charge on any atom is -0.756 e. The second-order valence-electron chi connectivity index (χ2n) is 17.5. The summed E-state index contributed by atoms with van der Waals surface area (Å²) in [6, 6.07) is 0. The number of imidazole rings is 3. The van der Waals surface area contributed by atoms with Crippen molar-refractivity contribution in [2.75, 3.05) is 44.1 Å². The van der Waals surface area contributed by atoms with Gasteiger partial charge in [-0.2, -0.15) is 4.98 Å². The third-order valence-electron chi connectivity index (χ3n) is 11.9. The van der Waals surface area contributed by atoms with Crippen LogP contribution in [0.5, 0.6) is 0 Å². The molecule has 3 aliphatic rings. The van der Waals surface area contributed by atoms with Crippen molar-refractivity contribution >= 4 is 82.5 Å². The number of methoxy groups -OCH3 is 1. The summed E-state index contributed by atoms with van der Waals surface area (Å²) < 4.78 is 114. The molecule has 39 nitrogen and oxygen atoms in total. The van der Waals surface area contributed by atoms with Crippen molar-refractivity contribution in [2.24, 2.45) is 7.05 Å². The first-order chi connectivity index (χ1) is 36.6. The number of nitrogen functional groups attached to an aromatic ring is 3. The molecule has 16 atom stereocenters. The van der Waals surface area contributed by atoms with E-state index in [0.29, 0.717) is 0 Å². The topological polar surface area (TPSA) is 563 Å². The minimum atomic E-state index is -6.59. The van der Waals surface area contributed by atoms with Crippen LogP contribution in [0.4, 0.5) is 17.7 Å². The molecule has 428 valence electrons. The van der Waals surface area contributed by atoms with E-state index in [-0.39, 0.29) is 51.2 Å². The summed E-state index contributed by atoms with van der Waals surface area (Å²) in [5.74, 6) is -0.731. The van der Waals surface area contributed by atoms with Gasteiger partial charge in [0.15, 0.2) is 41.4 Å². The Kier molecular flexibility index (Phi) is 16.0. The van der Waals surface area contributed by atoms with E-state index in [1.165, 1.54) is 22.5 Å². The second kappa shape index (κ2) is 21.7. The van der Waals surface area contributed by atoms with Gasteiger partial charge in [0.05, 0.1) is 45.6 Å². The lowest BCUT2D eigenvalue weighted by atomic mass is 10.1. The largest absolute Gasteiger partial charge is 0.756 e. The van der Waals surface area contributed by atoms with Crippen molar-refractivity contribution in [2.45, 2.75) is 93.6 Å². The van der Waals surface area contributed by atoms with Gasteiger partial charge in [0.1, 0.15) is 66.8 Å². The molecule has 43 heteroatoms.